The van der Waals surface area contributed by atoms with Crippen LogP contribution in [0.1, 0.15) is 9.88 Å². The summed E-state index contributed by atoms with van der Waals surface area (Å²) in [7, 11) is 0. The van der Waals surface area contributed by atoms with E-state index in [1.165, 1.54) is 11.3 Å². The van der Waals surface area contributed by atoms with Gasteiger partial charge in [-0.25, -0.2) is 9.78 Å². The number of hydrogen-bond donors (Lipinski definition) is 2. The van der Waals surface area contributed by atoms with Crippen LogP contribution in [0, 0.1) is 6.92 Å². The van der Waals surface area contributed by atoms with E-state index in [0.29, 0.717) is 5.01 Å². The minimum atomic E-state index is -1.34. The van der Waals surface area contributed by atoms with E-state index in [1.54, 1.807) is 6.20 Å². The molecule has 0 saturated heterocycles. The maximum absolute atomic E-state index is 10.2. The summed E-state index contributed by atoms with van der Waals surface area (Å²) in [5.41, 5.74) is 0. The number of nitrogens with zero attached hydrogens (tertiary/aromatic N) is 1. The summed E-state index contributed by atoms with van der Waals surface area (Å²) in [5.74, 6) is -1.21. The highest BCUT2D eigenvalue weighted by Gasteiger charge is 2.15. The topological polar surface area (TPSA) is 70.4 Å². The summed E-state index contributed by atoms with van der Waals surface area (Å²) in [4.78, 5) is 15.2. The number of aryl methyl sites for hydroxylation is 1. The lowest BCUT2D eigenvalue weighted by atomic mass is 10.3. The van der Waals surface area contributed by atoms with Crippen molar-refractivity contribution in [3.8, 4) is 0 Å². The van der Waals surface area contributed by atoms with Crippen molar-refractivity contribution in [1.82, 2.24) is 4.98 Å². The molecule has 0 saturated carbocycles. The Morgan fingerprint density at radius 3 is 2.92 bits per heavy atom. The van der Waals surface area contributed by atoms with Gasteiger partial charge >= 0.3 is 5.97 Å². The van der Waals surface area contributed by atoms with Crippen LogP contribution in [-0.4, -0.2) is 27.3 Å². The van der Waals surface area contributed by atoms with Gasteiger partial charge in [-0.05, 0) is 6.92 Å². The van der Waals surface area contributed by atoms with E-state index in [-0.39, 0.29) is 6.42 Å². The number of aliphatic hydroxyl groups is 1. The Labute approximate surface area is 73.5 Å². The second-order valence-corrected chi connectivity index (χ2v) is 3.74. The molecule has 0 radical (unpaired) electrons. The number of carboxylic acids is 1. The average Bonchev–Trinajstić information content (AvgIpc) is 2.35. The molecule has 1 aromatic heterocycles. The van der Waals surface area contributed by atoms with Gasteiger partial charge in [0, 0.05) is 17.5 Å². The molecule has 4 nitrogen and oxygen atoms in total. The molecule has 0 aliphatic rings. The molecular formula is C7H9NO3S. The molecule has 5 heteroatoms. The normalized spacial score (nSPS) is 12.8. The number of carboxylic acid groups (broad SMARTS) is 1. The second kappa shape index (κ2) is 3.64. The molecule has 1 aromatic rings. The van der Waals surface area contributed by atoms with E-state index in [2.05, 4.69) is 4.98 Å². The van der Waals surface area contributed by atoms with Crippen molar-refractivity contribution in [2.24, 2.45) is 0 Å². The van der Waals surface area contributed by atoms with Crippen LogP contribution >= 0.6 is 11.3 Å². The van der Waals surface area contributed by atoms with Gasteiger partial charge in [-0.3, -0.25) is 0 Å². The average molecular weight is 187 g/mol. The molecule has 0 amide bonds. The molecule has 0 aliphatic heterocycles. The Morgan fingerprint density at radius 2 is 2.50 bits per heavy atom. The van der Waals surface area contributed by atoms with Crippen LogP contribution in [0.2, 0.25) is 0 Å². The maximum atomic E-state index is 10.2. The van der Waals surface area contributed by atoms with E-state index >= 15 is 0 Å². The minimum absolute atomic E-state index is 0.0911. The summed E-state index contributed by atoms with van der Waals surface area (Å²) in [5, 5.41) is 18.0. The Balaban J connectivity index is 2.58. The van der Waals surface area contributed by atoms with E-state index in [1.807, 2.05) is 6.92 Å². The molecule has 0 spiro atoms. The quantitative estimate of drug-likeness (QED) is 0.720. The summed E-state index contributed by atoms with van der Waals surface area (Å²) in [6.45, 7) is 1.88. The van der Waals surface area contributed by atoms with E-state index in [0.717, 1.165) is 4.88 Å². The molecule has 66 valence electrons. The first-order chi connectivity index (χ1) is 5.59. The van der Waals surface area contributed by atoms with Gasteiger partial charge < -0.3 is 10.2 Å². The third-order valence-corrected chi connectivity index (χ3v) is 2.26. The zero-order chi connectivity index (χ0) is 9.14. The highest BCUT2D eigenvalue weighted by molar-refractivity contribution is 7.11. The first kappa shape index (κ1) is 9.15. The first-order valence-corrected chi connectivity index (χ1v) is 4.23. The summed E-state index contributed by atoms with van der Waals surface area (Å²) in [6, 6.07) is 0. The third kappa shape index (κ3) is 2.28. The monoisotopic (exact) mass is 187 g/mol. The van der Waals surface area contributed by atoms with Crippen molar-refractivity contribution in [3.63, 3.8) is 0 Å². The van der Waals surface area contributed by atoms with Crippen LogP contribution in [0.4, 0.5) is 0 Å². The molecular weight excluding hydrogens is 178 g/mol. The minimum Gasteiger partial charge on any atom is -0.479 e. The van der Waals surface area contributed by atoms with Crippen LogP contribution in [0.25, 0.3) is 0 Å². The fourth-order valence-corrected chi connectivity index (χ4v) is 1.57. The van der Waals surface area contributed by atoms with Gasteiger partial charge in [0.2, 0.25) is 0 Å². The highest BCUT2D eigenvalue weighted by Crippen LogP contribution is 2.12. The molecule has 0 bridgehead atoms. The molecule has 0 aromatic carbocycles. The zero-order valence-corrected chi connectivity index (χ0v) is 7.34. The van der Waals surface area contributed by atoms with E-state index in [4.69, 9.17) is 10.2 Å². The van der Waals surface area contributed by atoms with E-state index < -0.39 is 12.1 Å². The summed E-state index contributed by atoms with van der Waals surface area (Å²) in [6.07, 6.45) is 0.415. The number of aliphatic carboxylic acids is 1. The number of aromatic nitrogens is 1. The van der Waals surface area contributed by atoms with Crippen LogP contribution in [0.3, 0.4) is 0 Å². The van der Waals surface area contributed by atoms with Gasteiger partial charge in [0.1, 0.15) is 0 Å². The number of thiazole rings is 1. The van der Waals surface area contributed by atoms with Crippen molar-refractivity contribution in [2.45, 2.75) is 19.4 Å². The third-order valence-electron chi connectivity index (χ3n) is 1.32. The molecule has 0 fully saturated rings. The van der Waals surface area contributed by atoms with E-state index in [9.17, 15) is 4.79 Å². The van der Waals surface area contributed by atoms with Gasteiger partial charge in [0.05, 0.1) is 5.01 Å². The molecule has 1 unspecified atom stereocenters. The van der Waals surface area contributed by atoms with Gasteiger partial charge in [0.15, 0.2) is 6.10 Å². The predicted octanol–water partition coefficient (Wildman–Crippen LogP) is 0.440. The van der Waals surface area contributed by atoms with Crippen LogP contribution in [0.5, 0.6) is 0 Å². The Bertz CT molecular complexity index is 284. The van der Waals surface area contributed by atoms with Gasteiger partial charge in [-0.1, -0.05) is 0 Å². The Hall–Kier alpha value is -0.940. The lowest BCUT2D eigenvalue weighted by molar-refractivity contribution is -0.146. The smallest absolute Gasteiger partial charge is 0.332 e. The SMILES string of the molecule is Cc1cnc(CC(O)C(=O)O)s1. The summed E-state index contributed by atoms with van der Waals surface area (Å²) < 4.78 is 0. The van der Waals surface area contributed by atoms with Crippen molar-refractivity contribution in [2.75, 3.05) is 0 Å². The summed E-state index contributed by atoms with van der Waals surface area (Å²) >= 11 is 1.40. The lowest BCUT2D eigenvalue weighted by Crippen LogP contribution is -2.21. The van der Waals surface area contributed by atoms with Crippen LogP contribution in [0.15, 0.2) is 6.20 Å². The lowest BCUT2D eigenvalue weighted by Gasteiger charge is -2.00. The highest BCUT2D eigenvalue weighted by atomic mass is 32.1. The van der Waals surface area contributed by atoms with Crippen molar-refractivity contribution in [3.05, 3.63) is 16.1 Å². The largest absolute Gasteiger partial charge is 0.479 e. The van der Waals surface area contributed by atoms with Crippen LogP contribution in [-0.2, 0) is 11.2 Å². The Kier molecular flexibility index (Phi) is 2.78. The molecule has 1 heterocycles. The number of hydrogen-bond acceptors (Lipinski definition) is 4. The molecule has 1 rings (SSSR count). The van der Waals surface area contributed by atoms with Crippen molar-refractivity contribution < 1.29 is 15.0 Å². The number of rotatable bonds is 3. The fourth-order valence-electron chi connectivity index (χ4n) is 0.749. The molecule has 12 heavy (non-hydrogen) atoms. The number of carbonyl (C=O) groups is 1. The molecule has 0 aliphatic carbocycles. The zero-order valence-electron chi connectivity index (χ0n) is 6.52. The molecule has 1 atom stereocenters. The second-order valence-electron chi connectivity index (χ2n) is 2.42. The predicted molar refractivity (Wildman–Crippen MR) is 44.2 cm³/mol. The first-order valence-electron chi connectivity index (χ1n) is 3.42. The van der Waals surface area contributed by atoms with Crippen LogP contribution < -0.4 is 0 Å². The van der Waals surface area contributed by atoms with Crippen molar-refractivity contribution in [1.29, 1.82) is 0 Å². The Morgan fingerprint density at radius 1 is 1.83 bits per heavy atom. The van der Waals surface area contributed by atoms with Gasteiger partial charge in [0.25, 0.3) is 0 Å². The number of aliphatic hydroxyl groups excluding tert-OH is 1. The van der Waals surface area contributed by atoms with Crippen molar-refractivity contribution >= 4 is 17.3 Å². The van der Waals surface area contributed by atoms with Gasteiger partial charge in [-0.15, -0.1) is 11.3 Å². The molecule has 2 N–H and O–H groups in total. The standard InChI is InChI=1S/C7H9NO3S/c1-4-3-8-6(12-4)2-5(9)7(10)11/h3,5,9H,2H2,1H3,(H,10,11). The van der Waals surface area contributed by atoms with Gasteiger partial charge in [-0.2, -0.15) is 0 Å². The fraction of sp³-hybridized carbons (Fsp3) is 0.429. The maximum Gasteiger partial charge on any atom is 0.332 e.